The molecule has 0 unspecified atom stereocenters. The van der Waals surface area contributed by atoms with E-state index in [2.05, 4.69) is 4.98 Å². The highest BCUT2D eigenvalue weighted by Gasteiger charge is 2.23. The van der Waals surface area contributed by atoms with Gasteiger partial charge < -0.3 is 15.2 Å². The van der Waals surface area contributed by atoms with Crippen molar-refractivity contribution in [3.8, 4) is 5.88 Å². The number of carbonyl (C=O) groups is 1. The maximum atomic E-state index is 13.2. The molecule has 0 atom stereocenters. The maximum Gasteiger partial charge on any atom is 0.344 e. The van der Waals surface area contributed by atoms with Gasteiger partial charge >= 0.3 is 5.97 Å². The Bertz CT molecular complexity index is 509. The van der Waals surface area contributed by atoms with Crippen molar-refractivity contribution >= 4 is 34.9 Å². The molecule has 5 nitrogen and oxygen atoms in total. The van der Waals surface area contributed by atoms with E-state index in [9.17, 15) is 9.18 Å². The molecule has 1 heterocycles. The standard InChI is InChI=1S/C11H11Cl2FN2O3/c12-7-9(15)8(13)11(16-10(7)14)18-4-6(17)19-5-2-1-3-5/h5H,1-4H2,(H2,15,16). The summed E-state index contributed by atoms with van der Waals surface area (Å²) in [5.74, 6) is -1.85. The summed E-state index contributed by atoms with van der Waals surface area (Å²) in [5, 5.41) is -0.516. The second kappa shape index (κ2) is 5.79. The number of pyridine rings is 1. The molecule has 1 saturated carbocycles. The van der Waals surface area contributed by atoms with Gasteiger partial charge in [-0.25, -0.2) is 4.79 Å². The molecule has 1 aromatic rings. The Hall–Kier alpha value is -1.27. The van der Waals surface area contributed by atoms with Gasteiger partial charge in [-0.1, -0.05) is 23.2 Å². The van der Waals surface area contributed by atoms with Crippen LogP contribution >= 0.6 is 23.2 Å². The Morgan fingerprint density at radius 3 is 2.68 bits per heavy atom. The molecule has 104 valence electrons. The van der Waals surface area contributed by atoms with Crippen LogP contribution in [0.3, 0.4) is 0 Å². The zero-order valence-corrected chi connectivity index (χ0v) is 11.3. The molecule has 19 heavy (non-hydrogen) atoms. The normalized spacial score (nSPS) is 14.9. The number of anilines is 1. The molecule has 0 radical (unpaired) electrons. The first-order chi connectivity index (χ1) is 8.99. The molecule has 1 aromatic heterocycles. The molecule has 2 rings (SSSR count). The van der Waals surface area contributed by atoms with Crippen molar-refractivity contribution in [2.75, 3.05) is 12.3 Å². The lowest BCUT2D eigenvalue weighted by atomic mass is 9.96. The van der Waals surface area contributed by atoms with Crippen LogP contribution in [0.25, 0.3) is 0 Å². The van der Waals surface area contributed by atoms with E-state index >= 15 is 0 Å². The summed E-state index contributed by atoms with van der Waals surface area (Å²) in [7, 11) is 0. The Morgan fingerprint density at radius 1 is 1.42 bits per heavy atom. The first-order valence-electron chi connectivity index (χ1n) is 5.61. The van der Waals surface area contributed by atoms with Gasteiger partial charge in [-0.15, -0.1) is 0 Å². The van der Waals surface area contributed by atoms with E-state index in [4.69, 9.17) is 38.4 Å². The van der Waals surface area contributed by atoms with Crippen LogP contribution in [0, 0.1) is 5.95 Å². The summed E-state index contributed by atoms with van der Waals surface area (Å²) in [4.78, 5) is 14.8. The predicted molar refractivity (Wildman–Crippen MR) is 67.9 cm³/mol. The zero-order chi connectivity index (χ0) is 14.0. The van der Waals surface area contributed by atoms with Gasteiger partial charge in [0.25, 0.3) is 0 Å². The highest BCUT2D eigenvalue weighted by molar-refractivity contribution is 6.39. The van der Waals surface area contributed by atoms with Gasteiger partial charge in [0.1, 0.15) is 16.1 Å². The van der Waals surface area contributed by atoms with Crippen molar-refractivity contribution in [1.82, 2.24) is 4.98 Å². The zero-order valence-electron chi connectivity index (χ0n) is 9.79. The van der Waals surface area contributed by atoms with Crippen LogP contribution < -0.4 is 10.5 Å². The van der Waals surface area contributed by atoms with Gasteiger partial charge in [0.2, 0.25) is 11.8 Å². The summed E-state index contributed by atoms with van der Waals surface area (Å²) < 4.78 is 23.3. The smallest absolute Gasteiger partial charge is 0.344 e. The van der Waals surface area contributed by atoms with Crippen molar-refractivity contribution in [1.29, 1.82) is 0 Å². The van der Waals surface area contributed by atoms with Gasteiger partial charge in [0, 0.05) is 0 Å². The molecule has 0 saturated heterocycles. The van der Waals surface area contributed by atoms with E-state index in [0.717, 1.165) is 19.3 Å². The van der Waals surface area contributed by atoms with Crippen molar-refractivity contribution in [2.45, 2.75) is 25.4 Å². The fourth-order valence-electron chi connectivity index (χ4n) is 1.44. The van der Waals surface area contributed by atoms with E-state index in [1.165, 1.54) is 0 Å². The number of ether oxygens (including phenoxy) is 2. The van der Waals surface area contributed by atoms with Crippen molar-refractivity contribution in [3.63, 3.8) is 0 Å². The minimum Gasteiger partial charge on any atom is -0.464 e. The van der Waals surface area contributed by atoms with Crippen LogP contribution in [0.2, 0.25) is 10.0 Å². The van der Waals surface area contributed by atoms with Gasteiger partial charge in [0.05, 0.1) is 5.69 Å². The van der Waals surface area contributed by atoms with E-state index < -0.39 is 18.5 Å². The SMILES string of the molecule is Nc1c(Cl)c(F)nc(OCC(=O)OC2CCC2)c1Cl. The Morgan fingerprint density at radius 2 is 2.11 bits per heavy atom. The van der Waals surface area contributed by atoms with E-state index in [0.29, 0.717) is 0 Å². The van der Waals surface area contributed by atoms with E-state index in [1.54, 1.807) is 0 Å². The van der Waals surface area contributed by atoms with Crippen LogP contribution in [-0.4, -0.2) is 23.7 Å². The summed E-state index contributed by atoms with van der Waals surface area (Å²) >= 11 is 11.3. The van der Waals surface area contributed by atoms with Gasteiger partial charge in [-0.05, 0) is 19.3 Å². The molecule has 1 fully saturated rings. The van der Waals surface area contributed by atoms with Crippen LogP contribution in [0.15, 0.2) is 0 Å². The maximum absolute atomic E-state index is 13.2. The molecular formula is C11H11Cl2FN2O3. The van der Waals surface area contributed by atoms with Gasteiger partial charge in [-0.3, -0.25) is 0 Å². The topological polar surface area (TPSA) is 74.4 Å². The molecule has 1 aliphatic rings. The third-order valence-electron chi connectivity index (χ3n) is 2.72. The summed E-state index contributed by atoms with van der Waals surface area (Å²) in [6.45, 7) is -0.413. The fraction of sp³-hybridized carbons (Fsp3) is 0.455. The molecule has 8 heteroatoms. The first-order valence-corrected chi connectivity index (χ1v) is 6.37. The monoisotopic (exact) mass is 308 g/mol. The van der Waals surface area contributed by atoms with Crippen LogP contribution in [0.1, 0.15) is 19.3 Å². The molecule has 2 N–H and O–H groups in total. The number of aromatic nitrogens is 1. The largest absolute Gasteiger partial charge is 0.464 e. The third kappa shape index (κ3) is 3.19. The number of carbonyl (C=O) groups excluding carboxylic acids is 1. The van der Waals surface area contributed by atoms with Crippen molar-refractivity contribution in [3.05, 3.63) is 16.0 Å². The van der Waals surface area contributed by atoms with E-state index in [-0.39, 0.29) is 27.7 Å². The fourth-order valence-corrected chi connectivity index (χ4v) is 1.82. The van der Waals surface area contributed by atoms with Crippen LogP contribution in [-0.2, 0) is 9.53 Å². The number of nitrogens with two attached hydrogens (primary N) is 1. The number of nitrogens with zero attached hydrogens (tertiary/aromatic N) is 1. The van der Waals surface area contributed by atoms with Gasteiger partial charge in [-0.2, -0.15) is 9.37 Å². The Kier molecular flexibility index (Phi) is 4.31. The number of hydrogen-bond donors (Lipinski definition) is 1. The second-order valence-electron chi connectivity index (χ2n) is 4.08. The molecule has 1 aliphatic carbocycles. The second-order valence-corrected chi connectivity index (χ2v) is 4.84. The molecule has 0 spiro atoms. The number of rotatable bonds is 4. The number of nitrogen functional groups attached to an aromatic ring is 1. The third-order valence-corrected chi connectivity index (χ3v) is 3.44. The highest BCUT2D eigenvalue weighted by Crippen LogP contribution is 2.35. The lowest BCUT2D eigenvalue weighted by Crippen LogP contribution is -2.28. The van der Waals surface area contributed by atoms with Crippen LogP contribution in [0.5, 0.6) is 5.88 Å². The average Bonchev–Trinajstić information content (AvgIpc) is 2.34. The Labute approximate surface area is 118 Å². The quantitative estimate of drug-likeness (QED) is 0.683. The van der Waals surface area contributed by atoms with Crippen molar-refractivity contribution < 1.29 is 18.7 Å². The summed E-state index contributed by atoms with van der Waals surface area (Å²) in [6.07, 6.45) is 2.71. The molecule has 0 amide bonds. The summed E-state index contributed by atoms with van der Waals surface area (Å²) in [5.41, 5.74) is 5.28. The minimum absolute atomic E-state index is 0.0495. The summed E-state index contributed by atoms with van der Waals surface area (Å²) in [6, 6.07) is 0. The molecule has 0 aliphatic heterocycles. The first kappa shape index (κ1) is 14.1. The number of esters is 1. The van der Waals surface area contributed by atoms with Gasteiger partial charge in [0.15, 0.2) is 6.61 Å². The minimum atomic E-state index is -1.01. The number of halogens is 3. The Balaban J connectivity index is 1.97. The molecule has 0 aromatic carbocycles. The lowest BCUT2D eigenvalue weighted by molar-refractivity contribution is -0.155. The van der Waals surface area contributed by atoms with E-state index in [1.807, 2.05) is 0 Å². The van der Waals surface area contributed by atoms with Crippen LogP contribution in [0.4, 0.5) is 10.1 Å². The average molecular weight is 309 g/mol. The molecular weight excluding hydrogens is 298 g/mol. The predicted octanol–water partition coefficient (Wildman–Crippen LogP) is 2.58. The molecule has 0 bridgehead atoms. The lowest BCUT2D eigenvalue weighted by Gasteiger charge is -2.25. The van der Waals surface area contributed by atoms with Crippen molar-refractivity contribution in [2.24, 2.45) is 0 Å². The highest BCUT2D eigenvalue weighted by atomic mass is 35.5. The number of hydrogen-bond acceptors (Lipinski definition) is 5.